The van der Waals surface area contributed by atoms with Gasteiger partial charge in [0, 0.05) is 5.02 Å². The molecule has 5 nitrogen and oxygen atoms in total. The molecule has 2 heterocycles. The molecule has 1 aliphatic rings. The van der Waals surface area contributed by atoms with Gasteiger partial charge in [-0.3, -0.25) is 4.90 Å². The van der Waals surface area contributed by atoms with Crippen LogP contribution in [0.25, 0.3) is 0 Å². The Hall–Kier alpha value is -1.46. The van der Waals surface area contributed by atoms with Crippen LogP contribution < -0.4 is 0 Å². The van der Waals surface area contributed by atoms with Crippen molar-refractivity contribution in [3.63, 3.8) is 0 Å². The summed E-state index contributed by atoms with van der Waals surface area (Å²) < 4.78 is 0. The molecule has 6 heteroatoms. The smallest absolute Gasteiger partial charge is 0.196 e. The molecule has 0 aliphatic carbocycles. The fourth-order valence-corrected chi connectivity index (χ4v) is 2.93. The summed E-state index contributed by atoms with van der Waals surface area (Å²) in [6.07, 6.45) is 5.05. The number of halogens is 1. The van der Waals surface area contributed by atoms with Crippen molar-refractivity contribution in [2.24, 2.45) is 0 Å². The molecule has 3 rings (SSSR count). The molecule has 1 aliphatic heterocycles. The summed E-state index contributed by atoms with van der Waals surface area (Å²) in [5, 5.41) is 15.4. The zero-order chi connectivity index (χ0) is 13.8. The van der Waals surface area contributed by atoms with Gasteiger partial charge < -0.3 is 0 Å². The van der Waals surface area contributed by atoms with E-state index in [1.165, 1.54) is 25.7 Å². The Bertz CT molecular complexity index is 517. The summed E-state index contributed by atoms with van der Waals surface area (Å²) in [6, 6.07) is 8.00. The predicted molar refractivity (Wildman–Crippen MR) is 77.5 cm³/mol. The highest BCUT2D eigenvalue weighted by atomic mass is 35.5. The highest BCUT2D eigenvalue weighted by molar-refractivity contribution is 6.30. The number of likely N-dealkylation sites (tertiary alicyclic amines) is 1. The van der Waals surface area contributed by atoms with Crippen molar-refractivity contribution in [2.45, 2.75) is 31.7 Å². The highest BCUT2D eigenvalue weighted by Gasteiger charge is 2.26. The predicted octanol–water partition coefficient (Wildman–Crippen LogP) is 2.82. The summed E-state index contributed by atoms with van der Waals surface area (Å²) in [5.74, 6) is 0.731. The fraction of sp³-hybridized carbons (Fsp3) is 0.500. The van der Waals surface area contributed by atoms with Crippen LogP contribution in [0.4, 0.5) is 0 Å². The molecule has 106 valence electrons. The lowest BCUT2D eigenvalue weighted by atomic mass is 10.0. The molecule has 0 amide bonds. The number of tetrazole rings is 1. The molecule has 1 saturated heterocycles. The van der Waals surface area contributed by atoms with Crippen LogP contribution in [-0.2, 0) is 0 Å². The Morgan fingerprint density at radius 1 is 1.05 bits per heavy atom. The quantitative estimate of drug-likeness (QED) is 0.945. The minimum atomic E-state index is 0.0594. The molecule has 1 unspecified atom stereocenters. The lowest BCUT2D eigenvalue weighted by Crippen LogP contribution is -2.31. The third kappa shape index (κ3) is 2.99. The number of rotatable bonds is 3. The first kappa shape index (κ1) is 13.5. The van der Waals surface area contributed by atoms with Gasteiger partial charge in [-0.1, -0.05) is 41.8 Å². The SMILES string of the molecule is Clc1ccc(C(c2nn[nH]n2)N2CCCCCC2)cc1. The summed E-state index contributed by atoms with van der Waals surface area (Å²) in [5.41, 5.74) is 1.16. The monoisotopic (exact) mass is 291 g/mol. The number of hydrogen-bond acceptors (Lipinski definition) is 4. The zero-order valence-corrected chi connectivity index (χ0v) is 12.1. The van der Waals surface area contributed by atoms with Gasteiger partial charge >= 0.3 is 0 Å². The third-order valence-corrected chi connectivity index (χ3v) is 4.05. The third-order valence-electron chi connectivity index (χ3n) is 3.80. The van der Waals surface area contributed by atoms with E-state index in [0.717, 1.165) is 29.5 Å². The number of aromatic amines is 1. The van der Waals surface area contributed by atoms with Crippen LogP contribution in [-0.4, -0.2) is 38.6 Å². The van der Waals surface area contributed by atoms with Crippen LogP contribution in [0.15, 0.2) is 24.3 Å². The van der Waals surface area contributed by atoms with E-state index in [9.17, 15) is 0 Å². The molecular formula is C14H18ClN5. The Morgan fingerprint density at radius 3 is 2.35 bits per heavy atom. The molecule has 1 fully saturated rings. The molecule has 1 aromatic carbocycles. The van der Waals surface area contributed by atoms with Crippen LogP contribution in [0.3, 0.4) is 0 Å². The van der Waals surface area contributed by atoms with Crippen molar-refractivity contribution in [3.8, 4) is 0 Å². The van der Waals surface area contributed by atoms with Gasteiger partial charge in [0.25, 0.3) is 0 Å². The summed E-state index contributed by atoms with van der Waals surface area (Å²) in [4.78, 5) is 2.45. The van der Waals surface area contributed by atoms with E-state index in [1.54, 1.807) is 0 Å². The maximum Gasteiger partial charge on any atom is 0.196 e. The van der Waals surface area contributed by atoms with E-state index >= 15 is 0 Å². The molecule has 0 spiro atoms. The van der Waals surface area contributed by atoms with Crippen molar-refractivity contribution in [1.82, 2.24) is 25.5 Å². The molecule has 0 radical (unpaired) electrons. The fourth-order valence-electron chi connectivity index (χ4n) is 2.81. The van der Waals surface area contributed by atoms with Crippen LogP contribution in [0.2, 0.25) is 5.02 Å². The average molecular weight is 292 g/mol. The number of H-pyrrole nitrogens is 1. The lowest BCUT2D eigenvalue weighted by Gasteiger charge is -2.28. The largest absolute Gasteiger partial charge is 0.290 e. The Balaban J connectivity index is 1.93. The van der Waals surface area contributed by atoms with Crippen molar-refractivity contribution >= 4 is 11.6 Å². The molecule has 1 aromatic heterocycles. The van der Waals surface area contributed by atoms with Crippen LogP contribution in [0, 0.1) is 0 Å². The molecular weight excluding hydrogens is 274 g/mol. The van der Waals surface area contributed by atoms with Gasteiger partial charge in [0.1, 0.15) is 0 Å². The maximum atomic E-state index is 5.99. The number of nitrogens with one attached hydrogen (secondary N) is 1. The molecule has 20 heavy (non-hydrogen) atoms. The lowest BCUT2D eigenvalue weighted by molar-refractivity contribution is 0.227. The number of aromatic nitrogens is 4. The Kier molecular flexibility index (Phi) is 4.28. The second-order valence-electron chi connectivity index (χ2n) is 5.17. The minimum absolute atomic E-state index is 0.0594. The van der Waals surface area contributed by atoms with Gasteiger partial charge in [0.2, 0.25) is 0 Å². The van der Waals surface area contributed by atoms with E-state index < -0.39 is 0 Å². The molecule has 0 bridgehead atoms. The Morgan fingerprint density at radius 2 is 1.75 bits per heavy atom. The first-order valence-corrected chi connectivity index (χ1v) is 7.45. The molecule has 1 atom stereocenters. The average Bonchev–Trinajstić information content (AvgIpc) is 2.85. The first-order chi connectivity index (χ1) is 9.84. The molecule has 2 aromatic rings. The highest BCUT2D eigenvalue weighted by Crippen LogP contribution is 2.29. The number of nitrogens with zero attached hydrogens (tertiary/aromatic N) is 4. The van der Waals surface area contributed by atoms with Crippen molar-refractivity contribution in [3.05, 3.63) is 40.7 Å². The molecule has 1 N–H and O–H groups in total. The van der Waals surface area contributed by atoms with Gasteiger partial charge in [-0.05, 0) is 43.6 Å². The Labute approximate surface area is 123 Å². The van der Waals surface area contributed by atoms with Gasteiger partial charge in [-0.15, -0.1) is 10.2 Å². The van der Waals surface area contributed by atoms with Gasteiger partial charge in [0.15, 0.2) is 5.82 Å². The van der Waals surface area contributed by atoms with Crippen LogP contribution in [0.1, 0.15) is 43.1 Å². The normalized spacial score (nSPS) is 18.6. The summed E-state index contributed by atoms with van der Waals surface area (Å²) >= 11 is 5.99. The standard InChI is InChI=1S/C14H18ClN5/c15-12-7-5-11(6-8-12)13(14-16-18-19-17-14)20-9-3-1-2-4-10-20/h5-8,13H,1-4,9-10H2,(H,16,17,18,19). The zero-order valence-electron chi connectivity index (χ0n) is 11.3. The topological polar surface area (TPSA) is 57.7 Å². The maximum absolute atomic E-state index is 5.99. The van der Waals surface area contributed by atoms with Crippen LogP contribution >= 0.6 is 11.6 Å². The van der Waals surface area contributed by atoms with E-state index in [2.05, 4.69) is 25.5 Å². The second kappa shape index (κ2) is 6.33. The van der Waals surface area contributed by atoms with Crippen molar-refractivity contribution in [2.75, 3.05) is 13.1 Å². The van der Waals surface area contributed by atoms with Crippen molar-refractivity contribution < 1.29 is 0 Å². The second-order valence-corrected chi connectivity index (χ2v) is 5.61. The van der Waals surface area contributed by atoms with E-state index in [-0.39, 0.29) is 6.04 Å². The first-order valence-electron chi connectivity index (χ1n) is 7.07. The van der Waals surface area contributed by atoms with E-state index in [4.69, 9.17) is 11.6 Å². The number of hydrogen-bond donors (Lipinski definition) is 1. The molecule has 0 saturated carbocycles. The summed E-state index contributed by atoms with van der Waals surface area (Å²) in [7, 11) is 0. The van der Waals surface area contributed by atoms with Gasteiger partial charge in [-0.2, -0.15) is 5.21 Å². The van der Waals surface area contributed by atoms with Crippen LogP contribution in [0.5, 0.6) is 0 Å². The van der Waals surface area contributed by atoms with Crippen molar-refractivity contribution in [1.29, 1.82) is 0 Å². The summed E-state index contributed by atoms with van der Waals surface area (Å²) in [6.45, 7) is 2.14. The van der Waals surface area contributed by atoms with E-state index in [1.807, 2.05) is 24.3 Å². The van der Waals surface area contributed by atoms with E-state index in [0.29, 0.717) is 0 Å². The van der Waals surface area contributed by atoms with Gasteiger partial charge in [-0.25, -0.2) is 0 Å². The van der Waals surface area contributed by atoms with Gasteiger partial charge in [0.05, 0.1) is 6.04 Å². The number of benzene rings is 1. The minimum Gasteiger partial charge on any atom is -0.290 e.